The number of nitrogens with zero attached hydrogens (tertiary/aromatic N) is 1. The van der Waals surface area contributed by atoms with Crippen LogP contribution in [0.1, 0.15) is 6.42 Å². The van der Waals surface area contributed by atoms with Gasteiger partial charge in [-0.25, -0.2) is 4.98 Å². The normalized spacial score (nSPS) is 10.9. The van der Waals surface area contributed by atoms with E-state index in [9.17, 15) is 0 Å². The minimum absolute atomic E-state index is 0.689. The molecule has 0 amide bonds. The third-order valence-corrected chi connectivity index (χ3v) is 4.19. The lowest BCUT2D eigenvalue weighted by Gasteiger charge is -2.05. The Bertz CT molecular complexity index is 679. The molecule has 0 atom stereocenters. The van der Waals surface area contributed by atoms with Crippen molar-refractivity contribution in [1.29, 1.82) is 0 Å². The van der Waals surface area contributed by atoms with Gasteiger partial charge in [-0.2, -0.15) is 0 Å². The van der Waals surface area contributed by atoms with E-state index >= 15 is 0 Å². The summed E-state index contributed by atoms with van der Waals surface area (Å²) in [5.74, 6) is 1.82. The second-order valence-electron chi connectivity index (χ2n) is 4.56. The van der Waals surface area contributed by atoms with Crippen LogP contribution in [-0.2, 0) is 0 Å². The quantitative estimate of drug-likeness (QED) is 0.525. The van der Waals surface area contributed by atoms with Gasteiger partial charge in [0, 0.05) is 10.8 Å². The van der Waals surface area contributed by atoms with E-state index in [-0.39, 0.29) is 0 Å². The lowest BCUT2D eigenvalue weighted by molar-refractivity contribution is 0.318. The maximum atomic E-state index is 5.83. The molecule has 21 heavy (non-hydrogen) atoms. The largest absolute Gasteiger partial charge is 0.494 e. The Morgan fingerprint density at radius 3 is 2.71 bits per heavy atom. The Morgan fingerprint density at radius 1 is 1.10 bits per heavy atom. The molecule has 108 valence electrons. The molecular formula is C16H15ClN2OS. The van der Waals surface area contributed by atoms with Crippen LogP contribution in [0.4, 0.5) is 0 Å². The predicted octanol–water partition coefficient (Wildman–Crippen LogP) is 4.78. The fourth-order valence-corrected chi connectivity index (χ4v) is 2.87. The van der Waals surface area contributed by atoms with E-state index in [1.807, 2.05) is 48.5 Å². The lowest BCUT2D eigenvalue weighted by Crippen LogP contribution is -1.98. The fourth-order valence-electron chi connectivity index (χ4n) is 1.95. The number of imidazole rings is 1. The van der Waals surface area contributed by atoms with Crippen LogP contribution in [0.2, 0.25) is 5.02 Å². The van der Waals surface area contributed by atoms with Crippen LogP contribution in [0.3, 0.4) is 0 Å². The first-order valence-corrected chi connectivity index (χ1v) is 8.13. The zero-order chi connectivity index (χ0) is 14.5. The maximum absolute atomic E-state index is 5.83. The zero-order valence-electron chi connectivity index (χ0n) is 11.4. The van der Waals surface area contributed by atoms with E-state index in [4.69, 9.17) is 16.3 Å². The number of para-hydroxylation sites is 2. The Morgan fingerprint density at radius 2 is 1.90 bits per heavy atom. The van der Waals surface area contributed by atoms with E-state index in [2.05, 4.69) is 9.97 Å². The number of fused-ring (bicyclic) bond motifs is 1. The molecule has 0 saturated carbocycles. The Labute approximate surface area is 132 Å². The number of halogens is 1. The van der Waals surface area contributed by atoms with Gasteiger partial charge in [0.15, 0.2) is 5.16 Å². The molecular weight excluding hydrogens is 304 g/mol. The summed E-state index contributed by atoms with van der Waals surface area (Å²) in [5, 5.41) is 1.69. The second-order valence-corrected chi connectivity index (χ2v) is 6.08. The predicted molar refractivity (Wildman–Crippen MR) is 88.4 cm³/mol. The van der Waals surface area contributed by atoms with Gasteiger partial charge in [-0.15, -0.1) is 0 Å². The molecule has 0 saturated heterocycles. The molecule has 0 aliphatic heterocycles. The Balaban J connectivity index is 1.42. The summed E-state index contributed by atoms with van der Waals surface area (Å²) in [7, 11) is 0. The van der Waals surface area contributed by atoms with Gasteiger partial charge in [0.1, 0.15) is 5.75 Å². The van der Waals surface area contributed by atoms with E-state index in [1.54, 1.807) is 11.8 Å². The van der Waals surface area contributed by atoms with Crippen LogP contribution in [-0.4, -0.2) is 22.3 Å². The van der Waals surface area contributed by atoms with Gasteiger partial charge in [-0.05, 0) is 42.8 Å². The molecule has 0 aliphatic rings. The number of aromatic amines is 1. The summed E-state index contributed by atoms with van der Waals surface area (Å²) >= 11 is 7.54. The van der Waals surface area contributed by atoms with E-state index in [1.165, 1.54) is 0 Å². The van der Waals surface area contributed by atoms with Crippen molar-refractivity contribution < 1.29 is 4.74 Å². The number of H-pyrrole nitrogens is 1. The van der Waals surface area contributed by atoms with Crippen molar-refractivity contribution in [3.05, 3.63) is 53.6 Å². The molecule has 0 aliphatic carbocycles. The maximum Gasteiger partial charge on any atom is 0.166 e. The number of nitrogens with one attached hydrogen (secondary N) is 1. The van der Waals surface area contributed by atoms with Crippen molar-refractivity contribution >= 4 is 34.4 Å². The van der Waals surface area contributed by atoms with Crippen molar-refractivity contribution in [1.82, 2.24) is 9.97 Å². The number of hydrogen-bond donors (Lipinski definition) is 1. The average molecular weight is 319 g/mol. The first-order chi connectivity index (χ1) is 10.3. The van der Waals surface area contributed by atoms with Crippen molar-refractivity contribution in [2.45, 2.75) is 11.6 Å². The first-order valence-electron chi connectivity index (χ1n) is 6.77. The molecule has 3 rings (SSSR count). The summed E-state index contributed by atoms with van der Waals surface area (Å²) in [6.07, 6.45) is 0.963. The van der Waals surface area contributed by atoms with Crippen LogP contribution >= 0.6 is 23.4 Å². The monoisotopic (exact) mass is 318 g/mol. The lowest BCUT2D eigenvalue weighted by atomic mass is 10.3. The van der Waals surface area contributed by atoms with Gasteiger partial charge in [0.05, 0.1) is 17.6 Å². The van der Waals surface area contributed by atoms with E-state index in [0.29, 0.717) is 6.61 Å². The summed E-state index contributed by atoms with van der Waals surface area (Å²) in [4.78, 5) is 7.84. The molecule has 1 aromatic heterocycles. The van der Waals surface area contributed by atoms with Gasteiger partial charge in [0.2, 0.25) is 0 Å². The summed E-state index contributed by atoms with van der Waals surface area (Å²) in [5.41, 5.74) is 2.09. The van der Waals surface area contributed by atoms with Crippen molar-refractivity contribution in [3.63, 3.8) is 0 Å². The summed E-state index contributed by atoms with van der Waals surface area (Å²) < 4.78 is 5.66. The van der Waals surface area contributed by atoms with Gasteiger partial charge in [-0.1, -0.05) is 35.5 Å². The zero-order valence-corrected chi connectivity index (χ0v) is 13.0. The Kier molecular flexibility index (Phi) is 4.68. The minimum Gasteiger partial charge on any atom is -0.494 e. The molecule has 0 radical (unpaired) electrons. The number of aromatic nitrogens is 2. The third kappa shape index (κ3) is 3.93. The SMILES string of the molecule is Clc1ccc(OCCCSc2nc3ccccc3[nH]2)cc1. The van der Waals surface area contributed by atoms with Gasteiger partial charge >= 0.3 is 0 Å². The van der Waals surface area contributed by atoms with Crippen LogP contribution in [0, 0.1) is 0 Å². The molecule has 3 aromatic rings. The number of thioether (sulfide) groups is 1. The van der Waals surface area contributed by atoms with Crippen LogP contribution in [0.15, 0.2) is 53.7 Å². The third-order valence-electron chi connectivity index (χ3n) is 2.98. The molecule has 0 bridgehead atoms. The Hall–Kier alpha value is -1.65. The smallest absolute Gasteiger partial charge is 0.166 e. The summed E-state index contributed by atoms with van der Waals surface area (Å²) in [6, 6.07) is 15.5. The highest BCUT2D eigenvalue weighted by Crippen LogP contribution is 2.20. The van der Waals surface area contributed by atoms with Gasteiger partial charge < -0.3 is 9.72 Å². The van der Waals surface area contributed by atoms with Crippen LogP contribution < -0.4 is 4.74 Å². The van der Waals surface area contributed by atoms with E-state index in [0.717, 1.165) is 39.1 Å². The van der Waals surface area contributed by atoms with Crippen molar-refractivity contribution in [2.75, 3.05) is 12.4 Å². The van der Waals surface area contributed by atoms with Gasteiger partial charge in [0.25, 0.3) is 0 Å². The minimum atomic E-state index is 0.689. The molecule has 2 aromatic carbocycles. The standard InChI is InChI=1S/C16H15ClN2OS/c17-12-6-8-13(9-7-12)20-10-3-11-21-16-18-14-4-1-2-5-15(14)19-16/h1-2,4-9H,3,10-11H2,(H,18,19). The van der Waals surface area contributed by atoms with Crippen LogP contribution in [0.5, 0.6) is 5.75 Å². The summed E-state index contributed by atoms with van der Waals surface area (Å²) in [6.45, 7) is 0.689. The number of hydrogen-bond acceptors (Lipinski definition) is 3. The van der Waals surface area contributed by atoms with Gasteiger partial charge in [-0.3, -0.25) is 0 Å². The average Bonchev–Trinajstić information content (AvgIpc) is 2.91. The topological polar surface area (TPSA) is 37.9 Å². The van der Waals surface area contributed by atoms with Crippen LogP contribution in [0.25, 0.3) is 11.0 Å². The molecule has 0 unspecified atom stereocenters. The molecule has 0 fully saturated rings. The number of benzene rings is 2. The number of ether oxygens (including phenoxy) is 1. The fraction of sp³-hybridized carbons (Fsp3) is 0.188. The molecule has 1 N–H and O–H groups in total. The first kappa shape index (κ1) is 14.3. The highest BCUT2D eigenvalue weighted by atomic mass is 35.5. The molecule has 0 spiro atoms. The second kappa shape index (κ2) is 6.87. The van der Waals surface area contributed by atoms with Crippen molar-refractivity contribution in [2.24, 2.45) is 0 Å². The highest BCUT2D eigenvalue weighted by Gasteiger charge is 2.02. The molecule has 3 nitrogen and oxygen atoms in total. The van der Waals surface area contributed by atoms with Crippen molar-refractivity contribution in [3.8, 4) is 5.75 Å². The molecule has 1 heterocycles. The highest BCUT2D eigenvalue weighted by molar-refractivity contribution is 7.99. The van der Waals surface area contributed by atoms with E-state index < -0.39 is 0 Å². The number of rotatable bonds is 6. The molecule has 5 heteroatoms.